The zero-order valence-electron chi connectivity index (χ0n) is 11.2. The summed E-state index contributed by atoms with van der Waals surface area (Å²) >= 11 is 2.21. The van der Waals surface area contributed by atoms with Gasteiger partial charge in [-0.1, -0.05) is 26.0 Å². The average Bonchev–Trinajstić information content (AvgIpc) is 2.26. The van der Waals surface area contributed by atoms with Crippen LogP contribution in [0.2, 0.25) is 0 Å². The lowest BCUT2D eigenvalue weighted by molar-refractivity contribution is -0.127. The molecule has 3 N–H and O–H groups in total. The highest BCUT2D eigenvalue weighted by atomic mass is 127. The number of amides is 2. The molecule has 0 aliphatic heterocycles. The smallest absolute Gasteiger partial charge is 0.240 e. The van der Waals surface area contributed by atoms with Gasteiger partial charge in [-0.05, 0) is 46.2 Å². The molecule has 0 saturated carbocycles. The van der Waals surface area contributed by atoms with Crippen molar-refractivity contribution in [2.75, 3.05) is 0 Å². The molecule has 0 aliphatic rings. The van der Waals surface area contributed by atoms with Crippen LogP contribution in [0.25, 0.3) is 0 Å². The predicted octanol–water partition coefficient (Wildman–Crippen LogP) is 1.85. The van der Waals surface area contributed by atoms with Gasteiger partial charge in [0.2, 0.25) is 11.8 Å². The molecule has 1 aromatic rings. The summed E-state index contributed by atoms with van der Waals surface area (Å²) in [6.07, 6.45) is 0.826. The number of hydrogen-bond donors (Lipinski definition) is 2. The Morgan fingerprint density at radius 3 is 2.58 bits per heavy atom. The first-order chi connectivity index (χ1) is 8.88. The van der Waals surface area contributed by atoms with Crippen LogP contribution in [0, 0.1) is 9.49 Å². The lowest BCUT2D eigenvalue weighted by atomic mass is 10.0. The Kier molecular flexibility index (Phi) is 6.27. The second kappa shape index (κ2) is 7.47. The van der Waals surface area contributed by atoms with Gasteiger partial charge in [-0.2, -0.15) is 0 Å². The Bertz CT molecular complexity index is 461. The van der Waals surface area contributed by atoms with Crippen molar-refractivity contribution in [2.45, 2.75) is 32.7 Å². The zero-order valence-corrected chi connectivity index (χ0v) is 13.3. The van der Waals surface area contributed by atoms with Crippen LogP contribution in [0.5, 0.6) is 0 Å². The molecule has 2 amide bonds. The molecule has 4 nitrogen and oxygen atoms in total. The van der Waals surface area contributed by atoms with Crippen molar-refractivity contribution in [1.29, 1.82) is 0 Å². The topological polar surface area (TPSA) is 72.2 Å². The molecule has 0 aromatic heterocycles. The van der Waals surface area contributed by atoms with Crippen LogP contribution in [0.3, 0.4) is 0 Å². The monoisotopic (exact) mass is 374 g/mol. The Labute approximate surface area is 127 Å². The summed E-state index contributed by atoms with van der Waals surface area (Å²) in [5.41, 5.74) is 6.33. The maximum Gasteiger partial charge on any atom is 0.240 e. The summed E-state index contributed by atoms with van der Waals surface area (Å²) in [4.78, 5) is 23.1. The van der Waals surface area contributed by atoms with Crippen molar-refractivity contribution in [2.24, 2.45) is 11.7 Å². The van der Waals surface area contributed by atoms with Crippen molar-refractivity contribution in [3.63, 3.8) is 0 Å². The third-order valence-corrected chi connectivity index (χ3v) is 3.27. The van der Waals surface area contributed by atoms with Crippen LogP contribution in [0.4, 0.5) is 0 Å². The molecule has 0 saturated heterocycles. The number of benzene rings is 1. The number of rotatable bonds is 6. The van der Waals surface area contributed by atoms with Crippen LogP contribution in [-0.2, 0) is 16.0 Å². The highest BCUT2D eigenvalue weighted by molar-refractivity contribution is 14.1. The molecule has 0 spiro atoms. The Balaban J connectivity index is 2.68. The van der Waals surface area contributed by atoms with Gasteiger partial charge < -0.3 is 11.1 Å². The summed E-state index contributed by atoms with van der Waals surface area (Å²) in [6, 6.07) is 7.15. The van der Waals surface area contributed by atoms with Crippen molar-refractivity contribution < 1.29 is 9.59 Å². The first-order valence-electron chi connectivity index (χ1n) is 6.21. The molecule has 19 heavy (non-hydrogen) atoms. The third kappa shape index (κ3) is 6.04. The summed E-state index contributed by atoms with van der Waals surface area (Å²) < 4.78 is 1.09. The van der Waals surface area contributed by atoms with E-state index in [9.17, 15) is 9.59 Å². The molecule has 1 aromatic carbocycles. The minimum absolute atomic E-state index is 0.135. The van der Waals surface area contributed by atoms with Crippen LogP contribution >= 0.6 is 22.6 Å². The van der Waals surface area contributed by atoms with Gasteiger partial charge in [-0.3, -0.25) is 9.59 Å². The normalized spacial score (nSPS) is 12.2. The first kappa shape index (κ1) is 15.9. The number of primary amides is 1. The van der Waals surface area contributed by atoms with E-state index in [2.05, 4.69) is 27.9 Å². The van der Waals surface area contributed by atoms with Crippen molar-refractivity contribution in [1.82, 2.24) is 5.32 Å². The summed E-state index contributed by atoms with van der Waals surface area (Å²) in [6.45, 7) is 3.91. The fourth-order valence-electron chi connectivity index (χ4n) is 1.75. The van der Waals surface area contributed by atoms with E-state index < -0.39 is 11.9 Å². The van der Waals surface area contributed by atoms with Gasteiger partial charge in [0.1, 0.15) is 6.04 Å². The maximum atomic E-state index is 11.7. The van der Waals surface area contributed by atoms with Crippen molar-refractivity contribution in [3.8, 4) is 0 Å². The van der Waals surface area contributed by atoms with Crippen LogP contribution in [-0.4, -0.2) is 17.9 Å². The fourth-order valence-corrected chi connectivity index (χ4v) is 2.35. The molecule has 5 heteroatoms. The van der Waals surface area contributed by atoms with Gasteiger partial charge >= 0.3 is 0 Å². The van der Waals surface area contributed by atoms with Crippen LogP contribution in [0.1, 0.15) is 25.8 Å². The van der Waals surface area contributed by atoms with Crippen LogP contribution < -0.4 is 11.1 Å². The average molecular weight is 374 g/mol. The fraction of sp³-hybridized carbons (Fsp3) is 0.429. The lowest BCUT2D eigenvalue weighted by Gasteiger charge is -2.16. The molecular formula is C14H19IN2O2. The van der Waals surface area contributed by atoms with Gasteiger partial charge in [0.05, 0.1) is 0 Å². The van der Waals surface area contributed by atoms with E-state index in [1.54, 1.807) is 0 Å². The van der Waals surface area contributed by atoms with E-state index in [-0.39, 0.29) is 11.8 Å². The molecule has 0 fully saturated rings. The maximum absolute atomic E-state index is 11.7. The summed E-state index contributed by atoms with van der Waals surface area (Å²) in [5.74, 6) is -0.383. The summed E-state index contributed by atoms with van der Waals surface area (Å²) in [5, 5.41) is 2.70. The number of hydrogen-bond acceptors (Lipinski definition) is 2. The predicted molar refractivity (Wildman–Crippen MR) is 83.4 cm³/mol. The van der Waals surface area contributed by atoms with E-state index >= 15 is 0 Å². The molecule has 0 radical (unpaired) electrons. The van der Waals surface area contributed by atoms with Gasteiger partial charge in [0, 0.05) is 16.4 Å². The second-order valence-electron chi connectivity index (χ2n) is 4.95. The third-order valence-electron chi connectivity index (χ3n) is 2.60. The SMILES string of the molecule is CC(C)CC(=O)N[C@@H](Cc1cccc(I)c1)C(N)=O. The van der Waals surface area contributed by atoms with Gasteiger partial charge in [0.15, 0.2) is 0 Å². The van der Waals surface area contributed by atoms with Crippen molar-refractivity contribution in [3.05, 3.63) is 33.4 Å². The molecule has 0 aliphatic carbocycles. The molecule has 0 bridgehead atoms. The number of halogens is 1. The number of nitrogens with two attached hydrogens (primary N) is 1. The zero-order chi connectivity index (χ0) is 14.4. The second-order valence-corrected chi connectivity index (χ2v) is 6.20. The van der Waals surface area contributed by atoms with Gasteiger partial charge in [-0.15, -0.1) is 0 Å². The minimum Gasteiger partial charge on any atom is -0.368 e. The Hall–Kier alpha value is -1.11. The number of nitrogens with one attached hydrogen (secondary N) is 1. The van der Waals surface area contributed by atoms with E-state index in [4.69, 9.17) is 5.73 Å². The highest BCUT2D eigenvalue weighted by Crippen LogP contribution is 2.10. The molecule has 0 heterocycles. The number of carbonyl (C=O) groups is 2. The van der Waals surface area contributed by atoms with E-state index in [1.807, 2.05) is 38.1 Å². The standard InChI is InChI=1S/C14H19IN2O2/c1-9(2)6-13(18)17-12(14(16)19)8-10-4-3-5-11(15)7-10/h3-5,7,9,12H,6,8H2,1-2H3,(H2,16,19)(H,17,18)/t12-/m0/s1. The van der Waals surface area contributed by atoms with E-state index in [1.165, 1.54) is 0 Å². The largest absolute Gasteiger partial charge is 0.368 e. The Morgan fingerprint density at radius 1 is 1.37 bits per heavy atom. The molecule has 0 unspecified atom stereocenters. The van der Waals surface area contributed by atoms with Crippen molar-refractivity contribution >= 4 is 34.4 Å². The first-order valence-corrected chi connectivity index (χ1v) is 7.29. The lowest BCUT2D eigenvalue weighted by Crippen LogP contribution is -2.46. The summed E-state index contributed by atoms with van der Waals surface area (Å²) in [7, 11) is 0. The molecule has 104 valence electrons. The quantitative estimate of drug-likeness (QED) is 0.746. The number of carbonyl (C=O) groups excluding carboxylic acids is 2. The molecule has 1 rings (SSSR count). The Morgan fingerprint density at radius 2 is 2.05 bits per heavy atom. The molecule has 1 atom stereocenters. The van der Waals surface area contributed by atoms with Gasteiger partial charge in [-0.25, -0.2) is 0 Å². The van der Waals surface area contributed by atoms with E-state index in [0.29, 0.717) is 12.8 Å². The highest BCUT2D eigenvalue weighted by Gasteiger charge is 2.19. The minimum atomic E-state index is -0.649. The molecular weight excluding hydrogens is 355 g/mol. The van der Waals surface area contributed by atoms with E-state index in [0.717, 1.165) is 9.13 Å². The van der Waals surface area contributed by atoms with Crippen LogP contribution in [0.15, 0.2) is 24.3 Å². The van der Waals surface area contributed by atoms with Gasteiger partial charge in [0.25, 0.3) is 0 Å².